The van der Waals surface area contributed by atoms with E-state index in [1.807, 2.05) is 6.20 Å². The molecule has 1 fully saturated rings. The van der Waals surface area contributed by atoms with Gasteiger partial charge in [0.15, 0.2) is 0 Å². The van der Waals surface area contributed by atoms with Crippen molar-refractivity contribution in [1.82, 2.24) is 4.98 Å². The van der Waals surface area contributed by atoms with E-state index in [2.05, 4.69) is 28.9 Å². The van der Waals surface area contributed by atoms with E-state index in [9.17, 15) is 0 Å². The molecule has 0 amide bonds. The summed E-state index contributed by atoms with van der Waals surface area (Å²) in [6.45, 7) is 5.12. The number of ether oxygens (including phenoxy) is 1. The lowest BCUT2D eigenvalue weighted by atomic mass is 9.99. The van der Waals surface area contributed by atoms with Crippen LogP contribution >= 0.6 is 0 Å². The standard InChI is InChI=1S/C16H27N3O/c1-3-15(17)9-13-6-7-16(18-10-13)19-8-4-5-14(11-19)12-20-2/h6-7,10,14-15H,3-5,8-9,11-12,17H2,1-2H3. The SMILES string of the molecule is CCC(N)Cc1ccc(N2CCCC(COC)C2)nc1. The zero-order valence-electron chi connectivity index (χ0n) is 12.7. The van der Waals surface area contributed by atoms with Crippen LogP contribution in [-0.4, -0.2) is 37.8 Å². The third-order valence-corrected chi connectivity index (χ3v) is 4.08. The maximum absolute atomic E-state index is 5.99. The molecule has 20 heavy (non-hydrogen) atoms. The van der Waals surface area contributed by atoms with Gasteiger partial charge in [-0.1, -0.05) is 13.0 Å². The molecule has 0 radical (unpaired) electrons. The number of nitrogens with two attached hydrogens (primary N) is 1. The van der Waals surface area contributed by atoms with Crippen LogP contribution < -0.4 is 10.6 Å². The minimum Gasteiger partial charge on any atom is -0.384 e. The average Bonchev–Trinajstić information content (AvgIpc) is 2.48. The van der Waals surface area contributed by atoms with E-state index >= 15 is 0 Å². The van der Waals surface area contributed by atoms with Crippen LogP contribution in [0.2, 0.25) is 0 Å². The molecule has 0 bridgehead atoms. The van der Waals surface area contributed by atoms with Gasteiger partial charge in [0, 0.05) is 32.4 Å². The van der Waals surface area contributed by atoms with Crippen LogP contribution in [0.5, 0.6) is 0 Å². The van der Waals surface area contributed by atoms with Crippen molar-refractivity contribution in [2.45, 2.75) is 38.6 Å². The molecule has 2 heterocycles. The number of hydrogen-bond acceptors (Lipinski definition) is 4. The number of hydrogen-bond donors (Lipinski definition) is 1. The van der Waals surface area contributed by atoms with Gasteiger partial charge in [-0.3, -0.25) is 0 Å². The lowest BCUT2D eigenvalue weighted by Crippen LogP contribution is -2.37. The Hall–Kier alpha value is -1.13. The van der Waals surface area contributed by atoms with Gasteiger partial charge in [0.05, 0.1) is 6.61 Å². The molecule has 112 valence electrons. The van der Waals surface area contributed by atoms with Gasteiger partial charge in [-0.25, -0.2) is 4.98 Å². The van der Waals surface area contributed by atoms with E-state index in [0.29, 0.717) is 5.92 Å². The molecule has 2 atom stereocenters. The summed E-state index contributed by atoms with van der Waals surface area (Å²) in [5, 5.41) is 0. The monoisotopic (exact) mass is 277 g/mol. The molecule has 1 aliphatic rings. The van der Waals surface area contributed by atoms with Gasteiger partial charge in [-0.2, -0.15) is 0 Å². The second kappa shape index (κ2) is 7.60. The first kappa shape index (κ1) is 15.3. The van der Waals surface area contributed by atoms with Crippen molar-refractivity contribution in [2.75, 3.05) is 31.7 Å². The van der Waals surface area contributed by atoms with Gasteiger partial charge in [0.25, 0.3) is 0 Å². The molecule has 2 unspecified atom stereocenters. The summed E-state index contributed by atoms with van der Waals surface area (Å²) in [4.78, 5) is 6.99. The molecule has 1 aromatic heterocycles. The molecular weight excluding hydrogens is 250 g/mol. The topological polar surface area (TPSA) is 51.4 Å². The second-order valence-electron chi connectivity index (χ2n) is 5.81. The Kier molecular flexibility index (Phi) is 5.80. The molecule has 0 saturated carbocycles. The summed E-state index contributed by atoms with van der Waals surface area (Å²) in [5.74, 6) is 1.71. The molecule has 4 nitrogen and oxygen atoms in total. The minimum atomic E-state index is 0.240. The first-order valence-corrected chi connectivity index (χ1v) is 7.67. The number of anilines is 1. The van der Waals surface area contributed by atoms with E-state index in [1.54, 1.807) is 7.11 Å². The molecule has 1 aromatic rings. The van der Waals surface area contributed by atoms with Crippen LogP contribution in [0.1, 0.15) is 31.7 Å². The van der Waals surface area contributed by atoms with Crippen LogP contribution in [0.4, 0.5) is 5.82 Å². The third-order valence-electron chi connectivity index (χ3n) is 4.08. The van der Waals surface area contributed by atoms with E-state index in [0.717, 1.165) is 38.4 Å². The van der Waals surface area contributed by atoms with Crippen molar-refractivity contribution in [1.29, 1.82) is 0 Å². The van der Waals surface area contributed by atoms with Gasteiger partial charge >= 0.3 is 0 Å². The second-order valence-corrected chi connectivity index (χ2v) is 5.81. The highest BCUT2D eigenvalue weighted by atomic mass is 16.5. The molecule has 1 saturated heterocycles. The van der Waals surface area contributed by atoms with Gasteiger partial charge < -0.3 is 15.4 Å². The maximum Gasteiger partial charge on any atom is 0.128 e. The Labute approximate surface area is 122 Å². The maximum atomic E-state index is 5.99. The van der Waals surface area contributed by atoms with Crippen LogP contribution in [0.3, 0.4) is 0 Å². The summed E-state index contributed by atoms with van der Waals surface area (Å²) in [5.41, 5.74) is 7.22. The van der Waals surface area contributed by atoms with Crippen LogP contribution in [0.15, 0.2) is 18.3 Å². The lowest BCUT2D eigenvalue weighted by Gasteiger charge is -2.33. The van der Waals surface area contributed by atoms with Crippen molar-refractivity contribution in [3.8, 4) is 0 Å². The van der Waals surface area contributed by atoms with E-state index < -0.39 is 0 Å². The molecule has 1 aliphatic heterocycles. The largest absolute Gasteiger partial charge is 0.384 e. The number of aromatic nitrogens is 1. The highest BCUT2D eigenvalue weighted by Crippen LogP contribution is 2.22. The van der Waals surface area contributed by atoms with E-state index in [-0.39, 0.29) is 6.04 Å². The van der Waals surface area contributed by atoms with Crippen molar-refractivity contribution in [3.05, 3.63) is 23.9 Å². The molecule has 0 spiro atoms. The highest BCUT2D eigenvalue weighted by molar-refractivity contribution is 5.40. The predicted molar refractivity (Wildman–Crippen MR) is 83.0 cm³/mol. The van der Waals surface area contributed by atoms with E-state index in [4.69, 9.17) is 10.5 Å². The minimum absolute atomic E-state index is 0.240. The number of rotatable bonds is 6. The van der Waals surface area contributed by atoms with Gasteiger partial charge in [0.2, 0.25) is 0 Å². The molecule has 0 aliphatic carbocycles. The fourth-order valence-electron chi connectivity index (χ4n) is 2.82. The van der Waals surface area contributed by atoms with E-state index in [1.165, 1.54) is 18.4 Å². The number of piperidine rings is 1. The fraction of sp³-hybridized carbons (Fsp3) is 0.688. The molecule has 2 rings (SSSR count). The van der Waals surface area contributed by atoms with Crippen molar-refractivity contribution in [2.24, 2.45) is 11.7 Å². The molecule has 2 N–H and O–H groups in total. The molecular formula is C16H27N3O. The Morgan fingerprint density at radius 2 is 2.35 bits per heavy atom. The van der Waals surface area contributed by atoms with Crippen molar-refractivity contribution in [3.63, 3.8) is 0 Å². The van der Waals surface area contributed by atoms with Gasteiger partial charge in [0.1, 0.15) is 5.82 Å². The third kappa shape index (κ3) is 4.18. The average molecular weight is 277 g/mol. The number of nitrogens with zero attached hydrogens (tertiary/aromatic N) is 2. The van der Waals surface area contributed by atoms with Crippen LogP contribution in [-0.2, 0) is 11.2 Å². The Balaban J connectivity index is 1.95. The quantitative estimate of drug-likeness (QED) is 0.866. The zero-order valence-corrected chi connectivity index (χ0v) is 12.7. The fourth-order valence-corrected chi connectivity index (χ4v) is 2.82. The summed E-state index contributed by atoms with van der Waals surface area (Å²) < 4.78 is 5.28. The van der Waals surface area contributed by atoms with Crippen molar-refractivity contribution >= 4 is 5.82 Å². The van der Waals surface area contributed by atoms with Crippen LogP contribution in [0, 0.1) is 5.92 Å². The smallest absolute Gasteiger partial charge is 0.128 e. The summed E-state index contributed by atoms with van der Waals surface area (Å²) in [6, 6.07) is 4.54. The van der Waals surface area contributed by atoms with Gasteiger partial charge in [-0.05, 0) is 43.2 Å². The Morgan fingerprint density at radius 3 is 3.00 bits per heavy atom. The highest BCUT2D eigenvalue weighted by Gasteiger charge is 2.20. The predicted octanol–water partition coefficient (Wildman–Crippen LogP) is 2.22. The number of methoxy groups -OCH3 is 1. The Bertz CT molecular complexity index is 391. The lowest BCUT2D eigenvalue weighted by molar-refractivity contribution is 0.143. The Morgan fingerprint density at radius 1 is 1.50 bits per heavy atom. The van der Waals surface area contributed by atoms with Crippen LogP contribution in [0.25, 0.3) is 0 Å². The summed E-state index contributed by atoms with van der Waals surface area (Å²) in [6.07, 6.45) is 6.37. The molecule has 4 heteroatoms. The van der Waals surface area contributed by atoms with Crippen molar-refractivity contribution < 1.29 is 4.74 Å². The summed E-state index contributed by atoms with van der Waals surface area (Å²) in [7, 11) is 1.78. The molecule has 0 aromatic carbocycles. The summed E-state index contributed by atoms with van der Waals surface area (Å²) >= 11 is 0. The van der Waals surface area contributed by atoms with Gasteiger partial charge in [-0.15, -0.1) is 0 Å². The number of pyridine rings is 1. The zero-order chi connectivity index (χ0) is 14.4. The first-order chi connectivity index (χ1) is 9.72. The first-order valence-electron chi connectivity index (χ1n) is 7.67. The normalized spacial score (nSPS) is 20.9.